The molecule has 0 bridgehead atoms. The van der Waals surface area contributed by atoms with E-state index in [9.17, 15) is 5.11 Å². The first kappa shape index (κ1) is 16.6. The van der Waals surface area contributed by atoms with Gasteiger partial charge in [0.2, 0.25) is 0 Å². The molecule has 0 radical (unpaired) electrons. The number of methoxy groups -OCH3 is 1. The van der Waals surface area contributed by atoms with E-state index in [0.29, 0.717) is 0 Å². The molecule has 0 spiro atoms. The first-order valence-corrected chi connectivity index (χ1v) is 7.77. The summed E-state index contributed by atoms with van der Waals surface area (Å²) >= 11 is 0. The number of benzene rings is 2. The molecule has 0 aliphatic rings. The second kappa shape index (κ2) is 6.13. The van der Waals surface area contributed by atoms with Crippen molar-refractivity contribution in [2.24, 2.45) is 5.92 Å². The van der Waals surface area contributed by atoms with Crippen LogP contribution in [0, 0.1) is 26.7 Å². The predicted octanol–water partition coefficient (Wildman–Crippen LogP) is 4.51. The van der Waals surface area contributed by atoms with E-state index in [1.807, 2.05) is 58.0 Å². The van der Waals surface area contributed by atoms with Crippen LogP contribution < -0.4 is 4.74 Å². The van der Waals surface area contributed by atoms with Crippen molar-refractivity contribution in [1.82, 2.24) is 0 Å². The van der Waals surface area contributed by atoms with Crippen LogP contribution in [0.3, 0.4) is 0 Å². The average Bonchev–Trinajstić information content (AvgIpc) is 2.50. The maximum absolute atomic E-state index is 11.7. The minimum atomic E-state index is -1.07. The fraction of sp³-hybridized carbons (Fsp3) is 0.400. The van der Waals surface area contributed by atoms with Crippen LogP contribution in [0.25, 0.3) is 0 Å². The quantitative estimate of drug-likeness (QED) is 0.899. The molecule has 2 aromatic carbocycles. The third-order valence-electron chi connectivity index (χ3n) is 4.62. The van der Waals surface area contributed by atoms with Gasteiger partial charge in [-0.05, 0) is 48.9 Å². The zero-order valence-corrected chi connectivity index (χ0v) is 14.4. The third kappa shape index (κ3) is 2.52. The van der Waals surface area contributed by atoms with E-state index in [1.54, 1.807) is 7.11 Å². The maximum atomic E-state index is 11.7. The van der Waals surface area contributed by atoms with Gasteiger partial charge in [-0.25, -0.2) is 0 Å². The molecule has 0 saturated heterocycles. The smallest absolute Gasteiger partial charge is 0.128 e. The minimum Gasteiger partial charge on any atom is -0.496 e. The van der Waals surface area contributed by atoms with Crippen LogP contribution in [0.1, 0.15) is 41.7 Å². The van der Waals surface area contributed by atoms with Gasteiger partial charge in [-0.2, -0.15) is 0 Å². The molecule has 2 nitrogen and oxygen atoms in total. The van der Waals surface area contributed by atoms with Gasteiger partial charge in [0.15, 0.2) is 0 Å². The lowest BCUT2D eigenvalue weighted by Crippen LogP contribution is -2.35. The molecule has 2 rings (SSSR count). The van der Waals surface area contributed by atoms with Crippen LogP contribution >= 0.6 is 0 Å². The zero-order chi connectivity index (χ0) is 16.5. The van der Waals surface area contributed by atoms with Crippen molar-refractivity contribution in [3.05, 3.63) is 64.2 Å². The van der Waals surface area contributed by atoms with Crippen LogP contribution in [0.5, 0.6) is 5.75 Å². The molecule has 0 amide bonds. The summed E-state index contributed by atoms with van der Waals surface area (Å²) in [6.45, 7) is 10.2. The molecule has 0 aliphatic heterocycles. The largest absolute Gasteiger partial charge is 0.496 e. The van der Waals surface area contributed by atoms with E-state index in [2.05, 4.69) is 13.0 Å². The standard InChI is InChI=1S/C20H26O2/c1-13(2)20(21,17-10-8-7-9-11-17)18-15(4)12-14(3)16(5)19(18)22-6/h7-13,21H,1-6H3/t20-/m0/s1. The Balaban J connectivity index is 2.83. The summed E-state index contributed by atoms with van der Waals surface area (Å²) in [7, 11) is 1.68. The van der Waals surface area contributed by atoms with Gasteiger partial charge < -0.3 is 9.84 Å². The summed E-state index contributed by atoms with van der Waals surface area (Å²) in [4.78, 5) is 0. The maximum Gasteiger partial charge on any atom is 0.128 e. The lowest BCUT2D eigenvalue weighted by Gasteiger charge is -2.36. The highest BCUT2D eigenvalue weighted by atomic mass is 16.5. The van der Waals surface area contributed by atoms with E-state index in [-0.39, 0.29) is 5.92 Å². The topological polar surface area (TPSA) is 29.5 Å². The fourth-order valence-electron chi connectivity index (χ4n) is 3.24. The number of aliphatic hydroxyl groups is 1. The highest BCUT2D eigenvalue weighted by Crippen LogP contribution is 2.44. The van der Waals surface area contributed by atoms with Gasteiger partial charge in [0, 0.05) is 5.56 Å². The Hall–Kier alpha value is -1.80. The third-order valence-corrected chi connectivity index (χ3v) is 4.62. The average molecular weight is 298 g/mol. The second-order valence-electron chi connectivity index (χ2n) is 6.33. The highest BCUT2D eigenvalue weighted by molar-refractivity contribution is 5.55. The molecular formula is C20H26O2. The van der Waals surface area contributed by atoms with E-state index < -0.39 is 5.60 Å². The van der Waals surface area contributed by atoms with Gasteiger partial charge in [0.05, 0.1) is 7.11 Å². The molecule has 0 aromatic heterocycles. The first-order chi connectivity index (χ1) is 10.3. The molecule has 118 valence electrons. The van der Waals surface area contributed by atoms with E-state index in [0.717, 1.165) is 28.0 Å². The Labute approximate surface area is 133 Å². The summed E-state index contributed by atoms with van der Waals surface area (Å²) in [5.41, 5.74) is 4.01. The van der Waals surface area contributed by atoms with Gasteiger partial charge in [-0.1, -0.05) is 50.2 Å². The number of rotatable bonds is 4. The lowest BCUT2D eigenvalue weighted by atomic mass is 9.74. The van der Waals surface area contributed by atoms with Crippen LogP contribution in [-0.4, -0.2) is 12.2 Å². The van der Waals surface area contributed by atoms with Crippen molar-refractivity contribution in [3.8, 4) is 5.75 Å². The van der Waals surface area contributed by atoms with Gasteiger partial charge in [-0.3, -0.25) is 0 Å². The lowest BCUT2D eigenvalue weighted by molar-refractivity contribution is 0.0288. The Morgan fingerprint density at radius 2 is 1.59 bits per heavy atom. The molecule has 1 atom stereocenters. The van der Waals surface area contributed by atoms with Crippen molar-refractivity contribution in [1.29, 1.82) is 0 Å². The Morgan fingerprint density at radius 3 is 2.09 bits per heavy atom. The van der Waals surface area contributed by atoms with Gasteiger partial charge in [-0.15, -0.1) is 0 Å². The summed E-state index contributed by atoms with van der Waals surface area (Å²) in [5, 5.41) is 11.7. The molecule has 1 N–H and O–H groups in total. The first-order valence-electron chi connectivity index (χ1n) is 7.77. The predicted molar refractivity (Wildman–Crippen MR) is 91.5 cm³/mol. The second-order valence-corrected chi connectivity index (χ2v) is 6.33. The van der Waals surface area contributed by atoms with Gasteiger partial charge >= 0.3 is 0 Å². The fourth-order valence-corrected chi connectivity index (χ4v) is 3.24. The van der Waals surface area contributed by atoms with Crippen LogP contribution in [0.4, 0.5) is 0 Å². The van der Waals surface area contributed by atoms with Crippen molar-refractivity contribution < 1.29 is 9.84 Å². The number of hydrogen-bond donors (Lipinski definition) is 1. The zero-order valence-electron chi connectivity index (χ0n) is 14.4. The van der Waals surface area contributed by atoms with Crippen molar-refractivity contribution in [3.63, 3.8) is 0 Å². The Morgan fingerprint density at radius 1 is 1.00 bits per heavy atom. The van der Waals surface area contributed by atoms with Crippen LogP contribution in [-0.2, 0) is 5.60 Å². The van der Waals surface area contributed by atoms with Crippen LogP contribution in [0.2, 0.25) is 0 Å². The van der Waals surface area contributed by atoms with Crippen molar-refractivity contribution in [2.75, 3.05) is 7.11 Å². The normalized spacial score (nSPS) is 14.0. The van der Waals surface area contributed by atoms with Gasteiger partial charge in [0.25, 0.3) is 0 Å². The molecule has 22 heavy (non-hydrogen) atoms. The molecule has 2 aromatic rings. The van der Waals surface area contributed by atoms with Crippen LogP contribution in [0.15, 0.2) is 36.4 Å². The SMILES string of the molecule is COc1c(C)c(C)cc(C)c1[C@@](O)(c1ccccc1)C(C)C. The molecule has 0 heterocycles. The van der Waals surface area contributed by atoms with E-state index in [4.69, 9.17) is 4.74 Å². The summed E-state index contributed by atoms with van der Waals surface area (Å²) in [5.74, 6) is 0.808. The highest BCUT2D eigenvalue weighted by Gasteiger charge is 2.39. The van der Waals surface area contributed by atoms with E-state index >= 15 is 0 Å². The van der Waals surface area contributed by atoms with E-state index in [1.165, 1.54) is 5.56 Å². The summed E-state index contributed by atoms with van der Waals surface area (Å²) in [6.07, 6.45) is 0. The van der Waals surface area contributed by atoms with Crippen molar-refractivity contribution >= 4 is 0 Å². The summed E-state index contributed by atoms with van der Waals surface area (Å²) < 4.78 is 5.70. The summed E-state index contributed by atoms with van der Waals surface area (Å²) in [6, 6.07) is 12.0. The minimum absolute atomic E-state index is 0.0182. The monoisotopic (exact) mass is 298 g/mol. The number of aryl methyl sites for hydroxylation is 2. The molecule has 0 saturated carbocycles. The number of ether oxygens (including phenoxy) is 1. The Bertz CT molecular complexity index is 659. The number of hydrogen-bond acceptors (Lipinski definition) is 2. The molecule has 0 unspecified atom stereocenters. The molecular weight excluding hydrogens is 272 g/mol. The van der Waals surface area contributed by atoms with Crippen molar-refractivity contribution in [2.45, 2.75) is 40.2 Å². The molecule has 2 heteroatoms. The molecule has 0 aliphatic carbocycles. The van der Waals surface area contributed by atoms with Gasteiger partial charge in [0.1, 0.15) is 11.4 Å². The Kier molecular flexibility index (Phi) is 4.62. The molecule has 0 fully saturated rings.